The fourth-order valence-corrected chi connectivity index (χ4v) is 5.77. The van der Waals surface area contributed by atoms with Crippen LogP contribution in [0.2, 0.25) is 0 Å². The van der Waals surface area contributed by atoms with E-state index in [1.807, 2.05) is 29.3 Å². The maximum absolute atomic E-state index is 13.2. The summed E-state index contributed by atoms with van der Waals surface area (Å²) in [6, 6.07) is -2.26. The van der Waals surface area contributed by atoms with Crippen LogP contribution in [0.15, 0.2) is 41.1 Å². The van der Waals surface area contributed by atoms with Gasteiger partial charge in [0, 0.05) is 24.2 Å². The minimum absolute atomic E-state index is 0.0734. The third-order valence-electron chi connectivity index (χ3n) is 5.87. The standard InChI is InChI=1S/C22H26N6O7S2/c1-22(2,20(33)34)35-26-13(12-10-37-21(23)24-12)16(29)25-14-17(30)28-15(19(31)32)11(9-36-18(14)28)8-27-6-4-3-5-7-27/h3-6,10,13-14,18,26H,7-9H2,1-2H3,(H2,23,24)(H,25,29)(H,31,32)(H,33,34)/t13?,14-,18-/m1/s1. The summed E-state index contributed by atoms with van der Waals surface area (Å²) in [5.74, 6) is -3.37. The molecule has 6 N–H and O–H groups in total. The van der Waals surface area contributed by atoms with E-state index in [2.05, 4.69) is 15.8 Å². The number of anilines is 1. The van der Waals surface area contributed by atoms with Gasteiger partial charge in [0.2, 0.25) is 5.91 Å². The van der Waals surface area contributed by atoms with Crippen LogP contribution < -0.4 is 16.5 Å². The van der Waals surface area contributed by atoms with E-state index < -0.39 is 46.8 Å². The van der Waals surface area contributed by atoms with Crippen molar-refractivity contribution < 1.29 is 34.2 Å². The van der Waals surface area contributed by atoms with E-state index in [0.29, 0.717) is 24.4 Å². The molecular formula is C22H26N6O7S2. The highest BCUT2D eigenvalue weighted by Gasteiger charge is 2.54. The van der Waals surface area contributed by atoms with Crippen LogP contribution in [-0.2, 0) is 24.0 Å². The smallest absolute Gasteiger partial charge is 0.352 e. The van der Waals surface area contributed by atoms with E-state index >= 15 is 0 Å². The molecule has 1 aromatic rings. The van der Waals surface area contributed by atoms with E-state index in [9.17, 15) is 29.4 Å². The molecule has 1 fully saturated rings. The Kier molecular flexibility index (Phi) is 7.59. The Morgan fingerprint density at radius 2 is 2.08 bits per heavy atom. The van der Waals surface area contributed by atoms with Gasteiger partial charge in [0.15, 0.2) is 16.8 Å². The maximum atomic E-state index is 13.2. The van der Waals surface area contributed by atoms with E-state index in [-0.39, 0.29) is 16.5 Å². The zero-order chi connectivity index (χ0) is 26.9. The molecule has 0 bridgehead atoms. The third-order valence-corrected chi connectivity index (χ3v) is 7.90. The number of allylic oxidation sites excluding steroid dienone is 2. The lowest BCUT2D eigenvalue weighted by atomic mass is 10.0. The molecule has 3 aliphatic rings. The molecule has 4 rings (SSSR count). The summed E-state index contributed by atoms with van der Waals surface area (Å²) in [4.78, 5) is 62.2. The minimum atomic E-state index is -1.67. The lowest BCUT2D eigenvalue weighted by Gasteiger charge is -2.50. The highest BCUT2D eigenvalue weighted by molar-refractivity contribution is 8.00. The van der Waals surface area contributed by atoms with Gasteiger partial charge in [-0.1, -0.05) is 12.2 Å². The predicted octanol–water partition coefficient (Wildman–Crippen LogP) is 0.275. The Bertz CT molecular complexity index is 1210. The molecule has 3 aliphatic heterocycles. The maximum Gasteiger partial charge on any atom is 0.352 e. The normalized spacial score (nSPS) is 21.9. The van der Waals surface area contributed by atoms with E-state index in [1.165, 1.54) is 35.9 Å². The minimum Gasteiger partial charge on any atom is -0.479 e. The van der Waals surface area contributed by atoms with Gasteiger partial charge in [-0.3, -0.25) is 19.3 Å². The number of amides is 2. The number of carbonyl (C=O) groups excluding carboxylic acids is 2. The van der Waals surface area contributed by atoms with Gasteiger partial charge in [-0.15, -0.1) is 23.1 Å². The van der Waals surface area contributed by atoms with Gasteiger partial charge in [0.05, 0.1) is 5.69 Å². The number of nitrogen functional groups attached to an aromatic ring is 1. The summed E-state index contributed by atoms with van der Waals surface area (Å²) >= 11 is 2.43. The number of hydroxylamine groups is 1. The molecule has 37 heavy (non-hydrogen) atoms. The van der Waals surface area contributed by atoms with Crippen LogP contribution in [0, 0.1) is 0 Å². The number of thioether (sulfide) groups is 1. The van der Waals surface area contributed by atoms with Gasteiger partial charge in [-0.25, -0.2) is 14.6 Å². The van der Waals surface area contributed by atoms with Crippen molar-refractivity contribution >= 4 is 52.0 Å². The Balaban J connectivity index is 1.49. The zero-order valence-corrected chi connectivity index (χ0v) is 21.5. The molecule has 0 aliphatic carbocycles. The second kappa shape index (κ2) is 10.5. The summed E-state index contributed by atoms with van der Waals surface area (Å²) in [7, 11) is 0. The van der Waals surface area contributed by atoms with Crippen LogP contribution in [0.25, 0.3) is 0 Å². The van der Waals surface area contributed by atoms with Crippen molar-refractivity contribution in [2.75, 3.05) is 24.6 Å². The Morgan fingerprint density at radius 3 is 2.68 bits per heavy atom. The van der Waals surface area contributed by atoms with Gasteiger partial charge >= 0.3 is 11.9 Å². The number of carbonyl (C=O) groups is 4. The average Bonchev–Trinajstić information content (AvgIpc) is 3.28. The number of aliphatic carboxylic acids is 2. The number of rotatable bonds is 10. The SMILES string of the molecule is CC(C)(ONC(C(=O)N[C@@H]1C(=O)N2C(C(=O)O)=C(CN3C=CC=CC3)CS[C@H]12)c1csc(N)n1)C(=O)O. The average molecular weight is 551 g/mol. The van der Waals surface area contributed by atoms with E-state index in [4.69, 9.17) is 10.6 Å². The van der Waals surface area contributed by atoms with Gasteiger partial charge in [-0.05, 0) is 31.7 Å². The molecule has 3 atom stereocenters. The molecule has 0 saturated carbocycles. The molecule has 0 spiro atoms. The molecule has 1 saturated heterocycles. The van der Waals surface area contributed by atoms with Crippen molar-refractivity contribution in [1.29, 1.82) is 0 Å². The van der Waals surface area contributed by atoms with Crippen LogP contribution in [0.4, 0.5) is 5.13 Å². The zero-order valence-electron chi connectivity index (χ0n) is 19.9. The van der Waals surface area contributed by atoms with Crippen molar-refractivity contribution in [1.82, 2.24) is 25.6 Å². The Labute approximate surface area is 220 Å². The van der Waals surface area contributed by atoms with Crippen LogP contribution in [0.3, 0.4) is 0 Å². The Hall–Kier alpha value is -3.40. The van der Waals surface area contributed by atoms with Crippen LogP contribution in [0.1, 0.15) is 25.6 Å². The van der Waals surface area contributed by atoms with Gasteiger partial charge in [-0.2, -0.15) is 5.48 Å². The molecular weight excluding hydrogens is 524 g/mol. The number of hydrogen-bond donors (Lipinski definition) is 5. The van der Waals surface area contributed by atoms with Crippen LogP contribution in [-0.4, -0.2) is 84.6 Å². The third kappa shape index (κ3) is 5.49. The van der Waals surface area contributed by atoms with Crippen molar-refractivity contribution in [2.45, 2.75) is 36.9 Å². The van der Waals surface area contributed by atoms with Gasteiger partial charge in [0.25, 0.3) is 5.91 Å². The first-order valence-electron chi connectivity index (χ1n) is 11.1. The van der Waals surface area contributed by atoms with Gasteiger partial charge < -0.3 is 26.2 Å². The highest BCUT2D eigenvalue weighted by Crippen LogP contribution is 2.40. The first kappa shape index (κ1) is 26.7. The molecule has 13 nitrogen and oxygen atoms in total. The summed E-state index contributed by atoms with van der Waals surface area (Å²) in [5, 5.41) is 22.9. The fraction of sp³-hybridized carbons (Fsp3) is 0.409. The molecule has 15 heteroatoms. The number of carboxylic acids is 2. The van der Waals surface area contributed by atoms with Crippen molar-refractivity contribution in [3.05, 3.63) is 46.8 Å². The molecule has 1 unspecified atom stereocenters. The number of nitrogens with one attached hydrogen (secondary N) is 2. The first-order valence-corrected chi connectivity index (χ1v) is 13.1. The number of nitrogens with two attached hydrogens (primary N) is 1. The fourth-order valence-electron chi connectivity index (χ4n) is 3.84. The largest absolute Gasteiger partial charge is 0.479 e. The topological polar surface area (TPSA) is 187 Å². The highest BCUT2D eigenvalue weighted by atomic mass is 32.2. The predicted molar refractivity (Wildman–Crippen MR) is 135 cm³/mol. The number of β-lactam (4-membered cyclic amide) rings is 1. The molecule has 0 aromatic carbocycles. The number of carboxylic acid groups (broad SMARTS) is 2. The number of fused-ring (bicyclic) bond motifs is 1. The second-order valence-corrected chi connectivity index (χ2v) is 10.9. The lowest BCUT2D eigenvalue weighted by molar-refractivity contribution is -0.175. The van der Waals surface area contributed by atoms with E-state index in [1.54, 1.807) is 0 Å². The molecule has 2 amide bonds. The molecule has 198 valence electrons. The quantitative estimate of drug-likeness (QED) is 0.198. The first-order chi connectivity index (χ1) is 17.5. The molecule has 4 heterocycles. The number of hydrogen-bond acceptors (Lipinski definition) is 11. The molecule has 0 radical (unpaired) electrons. The van der Waals surface area contributed by atoms with Gasteiger partial charge in [0.1, 0.15) is 17.1 Å². The van der Waals surface area contributed by atoms with Crippen LogP contribution in [0.5, 0.6) is 0 Å². The Morgan fingerprint density at radius 1 is 1.32 bits per heavy atom. The summed E-state index contributed by atoms with van der Waals surface area (Å²) in [6.45, 7) is 3.58. The van der Waals surface area contributed by atoms with Crippen molar-refractivity contribution in [2.24, 2.45) is 0 Å². The van der Waals surface area contributed by atoms with Crippen molar-refractivity contribution in [3.63, 3.8) is 0 Å². The number of thiazole rings is 1. The van der Waals surface area contributed by atoms with E-state index in [0.717, 1.165) is 11.3 Å². The second-order valence-electron chi connectivity index (χ2n) is 8.93. The monoisotopic (exact) mass is 550 g/mol. The van der Waals surface area contributed by atoms with Crippen molar-refractivity contribution in [3.8, 4) is 0 Å². The molecule has 1 aromatic heterocycles. The number of nitrogens with zero attached hydrogens (tertiary/aromatic N) is 3. The summed E-state index contributed by atoms with van der Waals surface area (Å²) in [5.41, 5.74) is 7.17. The van der Waals surface area contributed by atoms with Crippen LogP contribution >= 0.6 is 23.1 Å². The lowest BCUT2D eigenvalue weighted by Crippen LogP contribution is -2.71. The summed E-state index contributed by atoms with van der Waals surface area (Å²) in [6.07, 6.45) is 7.56. The summed E-state index contributed by atoms with van der Waals surface area (Å²) < 4.78 is 0. The number of aromatic nitrogens is 1.